The van der Waals surface area contributed by atoms with Crippen molar-refractivity contribution in [1.82, 2.24) is 5.32 Å². The van der Waals surface area contributed by atoms with Gasteiger partial charge in [0.2, 0.25) is 0 Å². The van der Waals surface area contributed by atoms with Crippen molar-refractivity contribution in [3.63, 3.8) is 0 Å². The molecule has 106 valence electrons. The van der Waals surface area contributed by atoms with Crippen LogP contribution in [0.15, 0.2) is 29.0 Å². The van der Waals surface area contributed by atoms with E-state index in [0.717, 1.165) is 15.3 Å². The molecular formula is C15H12N2OS3. The van der Waals surface area contributed by atoms with Crippen LogP contribution in [0.2, 0.25) is 0 Å². The highest BCUT2D eigenvalue weighted by Crippen LogP contribution is 2.29. The van der Waals surface area contributed by atoms with Crippen molar-refractivity contribution in [3.8, 4) is 11.8 Å². The van der Waals surface area contributed by atoms with E-state index in [2.05, 4.69) is 17.2 Å². The van der Waals surface area contributed by atoms with E-state index in [1.807, 2.05) is 29.0 Å². The molecule has 21 heavy (non-hydrogen) atoms. The van der Waals surface area contributed by atoms with Crippen LogP contribution in [-0.4, -0.2) is 12.5 Å². The maximum absolute atomic E-state index is 12.1. The molecule has 6 heteroatoms. The van der Waals surface area contributed by atoms with E-state index in [4.69, 9.17) is 5.73 Å². The summed E-state index contributed by atoms with van der Waals surface area (Å²) >= 11 is 4.78. The smallest absolute Gasteiger partial charge is 0.261 e. The first-order valence-corrected chi connectivity index (χ1v) is 8.85. The molecule has 3 aromatic rings. The lowest BCUT2D eigenvalue weighted by atomic mass is 10.3. The van der Waals surface area contributed by atoms with Gasteiger partial charge in [-0.25, -0.2) is 0 Å². The van der Waals surface area contributed by atoms with E-state index >= 15 is 0 Å². The van der Waals surface area contributed by atoms with E-state index in [-0.39, 0.29) is 5.91 Å². The minimum atomic E-state index is -0.0219. The van der Waals surface area contributed by atoms with Gasteiger partial charge in [0.25, 0.3) is 5.91 Å². The number of nitrogens with one attached hydrogen (secondary N) is 1. The first kappa shape index (κ1) is 14.3. The quantitative estimate of drug-likeness (QED) is 0.723. The van der Waals surface area contributed by atoms with E-state index in [1.54, 1.807) is 22.7 Å². The number of hydrogen-bond donors (Lipinski definition) is 2. The number of rotatable bonds is 3. The molecule has 3 nitrogen and oxygen atoms in total. The maximum Gasteiger partial charge on any atom is 0.261 e. The Hall–Kier alpha value is -1.65. The Balaban J connectivity index is 1.63. The van der Waals surface area contributed by atoms with Gasteiger partial charge in [0.05, 0.1) is 18.0 Å². The molecule has 3 rings (SSSR count). The molecule has 0 saturated carbocycles. The Morgan fingerprint density at radius 1 is 1.29 bits per heavy atom. The molecule has 3 heterocycles. The Morgan fingerprint density at radius 3 is 3.00 bits per heavy atom. The topological polar surface area (TPSA) is 55.1 Å². The second kappa shape index (κ2) is 6.41. The molecule has 0 unspecified atom stereocenters. The number of fused-ring (bicyclic) bond motifs is 1. The third-order valence-corrected chi connectivity index (χ3v) is 5.80. The van der Waals surface area contributed by atoms with Gasteiger partial charge < -0.3 is 11.1 Å². The predicted octanol–water partition coefficient (Wildman–Crippen LogP) is 3.26. The van der Waals surface area contributed by atoms with Crippen LogP contribution in [0.25, 0.3) is 9.40 Å². The Kier molecular flexibility index (Phi) is 4.36. The zero-order valence-electron chi connectivity index (χ0n) is 11.0. The van der Waals surface area contributed by atoms with Crippen molar-refractivity contribution in [3.05, 3.63) is 44.3 Å². The van der Waals surface area contributed by atoms with Crippen molar-refractivity contribution in [2.24, 2.45) is 5.73 Å². The fraction of sp³-hybridized carbons (Fsp3) is 0.133. The Bertz CT molecular complexity index is 803. The summed E-state index contributed by atoms with van der Waals surface area (Å²) < 4.78 is 2.33. The molecule has 0 aromatic carbocycles. The van der Waals surface area contributed by atoms with Gasteiger partial charge >= 0.3 is 0 Å². The summed E-state index contributed by atoms with van der Waals surface area (Å²) in [7, 11) is 0. The van der Waals surface area contributed by atoms with Crippen LogP contribution < -0.4 is 11.1 Å². The van der Waals surface area contributed by atoms with Crippen molar-refractivity contribution in [1.29, 1.82) is 0 Å². The number of nitrogens with two attached hydrogens (primary N) is 1. The summed E-state index contributed by atoms with van der Waals surface area (Å²) in [6.07, 6.45) is 0. The van der Waals surface area contributed by atoms with Crippen LogP contribution in [0.3, 0.4) is 0 Å². The summed E-state index contributed by atoms with van der Waals surface area (Å²) in [4.78, 5) is 14.0. The summed E-state index contributed by atoms with van der Waals surface area (Å²) in [5.41, 5.74) is 6.29. The van der Waals surface area contributed by atoms with Gasteiger partial charge in [0.1, 0.15) is 0 Å². The first-order valence-electron chi connectivity index (χ1n) is 6.28. The molecule has 0 radical (unpaired) electrons. The summed E-state index contributed by atoms with van der Waals surface area (Å²) in [6, 6.07) is 5.98. The Labute approximate surface area is 134 Å². The SMILES string of the molecule is NCC#Cc1csc(CNC(=O)c2cc3sccc3s2)c1. The van der Waals surface area contributed by atoms with Gasteiger partial charge in [-0.05, 0) is 23.6 Å². The molecule has 0 aliphatic heterocycles. The molecule has 3 N–H and O–H groups in total. The van der Waals surface area contributed by atoms with Crippen LogP contribution in [0.5, 0.6) is 0 Å². The monoisotopic (exact) mass is 332 g/mol. The zero-order chi connectivity index (χ0) is 14.7. The number of thiophene rings is 3. The molecular weight excluding hydrogens is 320 g/mol. The molecule has 0 fully saturated rings. The van der Waals surface area contributed by atoms with E-state index in [0.29, 0.717) is 13.1 Å². The van der Waals surface area contributed by atoms with Gasteiger partial charge in [-0.1, -0.05) is 11.8 Å². The minimum Gasteiger partial charge on any atom is -0.346 e. The third kappa shape index (κ3) is 3.34. The van der Waals surface area contributed by atoms with Crippen LogP contribution in [0.4, 0.5) is 0 Å². The summed E-state index contributed by atoms with van der Waals surface area (Å²) in [5, 5.41) is 6.97. The van der Waals surface area contributed by atoms with Gasteiger partial charge in [0, 0.05) is 25.2 Å². The number of hydrogen-bond acceptors (Lipinski definition) is 5. The number of carbonyl (C=O) groups is 1. The standard InChI is InChI=1S/C15H12N2OS3/c16-4-1-2-10-6-11(20-9-10)8-17-15(18)14-7-13-12(21-14)3-5-19-13/h3,5-7,9H,4,8,16H2,(H,17,18). The summed E-state index contributed by atoms with van der Waals surface area (Å²) in [5.74, 6) is 5.78. The highest BCUT2D eigenvalue weighted by atomic mass is 32.1. The molecule has 0 atom stereocenters. The molecule has 3 aromatic heterocycles. The normalized spacial score (nSPS) is 10.3. The fourth-order valence-corrected chi connectivity index (χ4v) is 4.61. The van der Waals surface area contributed by atoms with Crippen LogP contribution >= 0.6 is 34.0 Å². The fourth-order valence-electron chi connectivity index (χ4n) is 1.82. The molecule has 1 amide bonds. The number of carbonyl (C=O) groups excluding carboxylic acids is 1. The van der Waals surface area contributed by atoms with Gasteiger partial charge in [0.15, 0.2) is 0 Å². The van der Waals surface area contributed by atoms with E-state index < -0.39 is 0 Å². The third-order valence-electron chi connectivity index (χ3n) is 2.77. The lowest BCUT2D eigenvalue weighted by Crippen LogP contribution is -2.21. The second-order valence-electron chi connectivity index (χ2n) is 4.25. The molecule has 0 saturated heterocycles. The van der Waals surface area contributed by atoms with Gasteiger partial charge in [-0.15, -0.1) is 34.0 Å². The van der Waals surface area contributed by atoms with E-state index in [1.165, 1.54) is 20.7 Å². The molecule has 0 aliphatic carbocycles. The summed E-state index contributed by atoms with van der Waals surface area (Å²) in [6.45, 7) is 0.886. The van der Waals surface area contributed by atoms with Crippen molar-refractivity contribution in [2.75, 3.05) is 6.54 Å². The van der Waals surface area contributed by atoms with Crippen LogP contribution in [0, 0.1) is 11.8 Å². The van der Waals surface area contributed by atoms with Crippen molar-refractivity contribution < 1.29 is 4.79 Å². The molecule has 0 spiro atoms. The van der Waals surface area contributed by atoms with Crippen molar-refractivity contribution >= 4 is 49.3 Å². The van der Waals surface area contributed by atoms with Crippen molar-refractivity contribution in [2.45, 2.75) is 6.54 Å². The van der Waals surface area contributed by atoms with Crippen LogP contribution in [-0.2, 0) is 6.54 Å². The van der Waals surface area contributed by atoms with E-state index in [9.17, 15) is 4.79 Å². The molecule has 0 bridgehead atoms. The van der Waals surface area contributed by atoms with Gasteiger partial charge in [-0.3, -0.25) is 4.79 Å². The lowest BCUT2D eigenvalue weighted by molar-refractivity contribution is 0.0955. The predicted molar refractivity (Wildman–Crippen MR) is 91.1 cm³/mol. The zero-order valence-corrected chi connectivity index (χ0v) is 13.5. The average Bonchev–Trinajstić information content (AvgIpc) is 3.17. The molecule has 0 aliphatic rings. The average molecular weight is 332 g/mol. The lowest BCUT2D eigenvalue weighted by Gasteiger charge is -2.00. The van der Waals surface area contributed by atoms with Crippen LogP contribution in [0.1, 0.15) is 20.1 Å². The first-order chi connectivity index (χ1) is 10.3. The minimum absolute atomic E-state index is 0.0219. The second-order valence-corrected chi connectivity index (χ2v) is 7.28. The number of amides is 1. The highest BCUT2D eigenvalue weighted by Gasteiger charge is 2.11. The highest BCUT2D eigenvalue weighted by molar-refractivity contribution is 7.27. The van der Waals surface area contributed by atoms with Gasteiger partial charge in [-0.2, -0.15) is 0 Å². The Morgan fingerprint density at radius 2 is 2.19 bits per heavy atom. The largest absolute Gasteiger partial charge is 0.346 e. The maximum atomic E-state index is 12.1.